The number of halogens is 1. The zero-order chi connectivity index (χ0) is 19.1. The van der Waals surface area contributed by atoms with Crippen molar-refractivity contribution in [2.24, 2.45) is 0 Å². The molecule has 5 nitrogen and oxygen atoms in total. The summed E-state index contributed by atoms with van der Waals surface area (Å²) in [6, 6.07) is 18.0. The molecule has 1 aliphatic rings. The molecule has 0 spiro atoms. The Morgan fingerprint density at radius 3 is 2.37 bits per heavy atom. The van der Waals surface area contributed by atoms with Gasteiger partial charge in [0.1, 0.15) is 17.5 Å². The van der Waals surface area contributed by atoms with Crippen molar-refractivity contribution >= 4 is 11.6 Å². The predicted octanol–water partition coefficient (Wildman–Crippen LogP) is 2.67. The van der Waals surface area contributed by atoms with Gasteiger partial charge in [-0.25, -0.2) is 4.39 Å². The highest BCUT2D eigenvalue weighted by Gasteiger charge is 2.17. The van der Waals surface area contributed by atoms with E-state index in [0.717, 1.165) is 24.3 Å². The summed E-state index contributed by atoms with van der Waals surface area (Å²) in [7, 11) is 0. The molecule has 1 saturated heterocycles. The summed E-state index contributed by atoms with van der Waals surface area (Å²) in [5.41, 5.74) is 2.05. The minimum absolute atomic E-state index is 0.0983. The van der Waals surface area contributed by atoms with Gasteiger partial charge in [0, 0.05) is 44.6 Å². The lowest BCUT2D eigenvalue weighted by molar-refractivity contribution is -0.117. The average molecular weight is 364 g/mol. The van der Waals surface area contributed by atoms with Crippen molar-refractivity contribution in [3.63, 3.8) is 0 Å². The third kappa shape index (κ3) is 5.08. The van der Waals surface area contributed by atoms with E-state index in [1.54, 1.807) is 18.3 Å². The van der Waals surface area contributed by atoms with Crippen molar-refractivity contribution in [1.29, 1.82) is 5.26 Å². The summed E-state index contributed by atoms with van der Waals surface area (Å²) in [5, 5.41) is 12.1. The standard InChI is InChI=1S/C21H21FN4O/c22-19-6-8-20(9-7-19)26-12-10-25(11-13-26)16-18(14-23)21(27)24-15-17-4-2-1-3-5-17/h1-9,16H,10-13,15H2,(H,24,27)/b18-16+. The van der Waals surface area contributed by atoms with Crippen LogP contribution >= 0.6 is 0 Å². The molecule has 1 aliphatic heterocycles. The fraction of sp³-hybridized carbons (Fsp3) is 0.238. The average Bonchev–Trinajstić information content (AvgIpc) is 2.72. The number of carbonyl (C=O) groups is 1. The van der Waals surface area contributed by atoms with Gasteiger partial charge in [0.2, 0.25) is 0 Å². The SMILES string of the molecule is N#C/C(=C\N1CCN(c2ccc(F)cc2)CC1)C(=O)NCc1ccccc1. The Labute approximate surface area is 158 Å². The number of benzene rings is 2. The summed E-state index contributed by atoms with van der Waals surface area (Å²) >= 11 is 0. The molecule has 0 saturated carbocycles. The maximum Gasteiger partial charge on any atom is 0.263 e. The van der Waals surface area contributed by atoms with Crippen LogP contribution in [-0.4, -0.2) is 37.0 Å². The molecule has 1 fully saturated rings. The van der Waals surface area contributed by atoms with Crippen LogP contribution < -0.4 is 10.2 Å². The second-order valence-electron chi connectivity index (χ2n) is 6.32. The van der Waals surface area contributed by atoms with E-state index in [2.05, 4.69) is 10.2 Å². The molecule has 3 rings (SSSR count). The molecule has 0 aromatic heterocycles. The molecule has 0 radical (unpaired) electrons. The Kier molecular flexibility index (Phi) is 6.06. The molecule has 1 amide bonds. The van der Waals surface area contributed by atoms with Gasteiger partial charge in [0.15, 0.2) is 0 Å². The predicted molar refractivity (Wildman–Crippen MR) is 102 cm³/mol. The van der Waals surface area contributed by atoms with Crippen molar-refractivity contribution < 1.29 is 9.18 Å². The molecule has 1 N–H and O–H groups in total. The van der Waals surface area contributed by atoms with Crippen molar-refractivity contribution in [2.45, 2.75) is 6.54 Å². The fourth-order valence-electron chi connectivity index (χ4n) is 2.96. The van der Waals surface area contributed by atoms with Gasteiger partial charge in [0.05, 0.1) is 0 Å². The van der Waals surface area contributed by atoms with Gasteiger partial charge in [-0.1, -0.05) is 30.3 Å². The molecule has 138 valence electrons. The summed E-state index contributed by atoms with van der Waals surface area (Å²) in [4.78, 5) is 16.4. The second-order valence-corrected chi connectivity index (χ2v) is 6.32. The molecular weight excluding hydrogens is 343 g/mol. The molecule has 2 aromatic carbocycles. The first-order valence-corrected chi connectivity index (χ1v) is 8.84. The minimum Gasteiger partial charge on any atom is -0.373 e. The summed E-state index contributed by atoms with van der Waals surface area (Å²) in [5.74, 6) is -0.622. The van der Waals surface area contributed by atoms with Crippen LogP contribution in [0, 0.1) is 17.1 Å². The van der Waals surface area contributed by atoms with Gasteiger partial charge in [-0.15, -0.1) is 0 Å². The number of nitrogens with zero attached hydrogens (tertiary/aromatic N) is 3. The van der Waals surface area contributed by atoms with E-state index < -0.39 is 0 Å². The first-order valence-electron chi connectivity index (χ1n) is 8.84. The number of hydrogen-bond acceptors (Lipinski definition) is 4. The second kappa shape index (κ2) is 8.86. The zero-order valence-electron chi connectivity index (χ0n) is 14.9. The van der Waals surface area contributed by atoms with Crippen LogP contribution in [-0.2, 0) is 11.3 Å². The van der Waals surface area contributed by atoms with E-state index in [-0.39, 0.29) is 17.3 Å². The number of anilines is 1. The molecule has 1 heterocycles. The van der Waals surface area contributed by atoms with Crippen LogP contribution in [0.3, 0.4) is 0 Å². The highest BCUT2D eigenvalue weighted by Crippen LogP contribution is 2.17. The molecular formula is C21H21FN4O. The van der Waals surface area contributed by atoms with E-state index in [0.29, 0.717) is 19.6 Å². The molecule has 27 heavy (non-hydrogen) atoms. The quantitative estimate of drug-likeness (QED) is 0.655. The Morgan fingerprint density at radius 2 is 1.74 bits per heavy atom. The van der Waals surface area contributed by atoms with E-state index in [9.17, 15) is 14.4 Å². The van der Waals surface area contributed by atoms with Gasteiger partial charge in [-0.3, -0.25) is 4.79 Å². The van der Waals surface area contributed by atoms with Crippen molar-refractivity contribution in [1.82, 2.24) is 10.2 Å². The van der Waals surface area contributed by atoms with E-state index >= 15 is 0 Å². The van der Waals surface area contributed by atoms with Crippen LogP contribution in [0.15, 0.2) is 66.4 Å². The van der Waals surface area contributed by atoms with Crippen LogP contribution in [0.5, 0.6) is 0 Å². The Balaban J connectivity index is 1.54. The number of hydrogen-bond donors (Lipinski definition) is 1. The van der Waals surface area contributed by atoms with E-state index in [4.69, 9.17) is 0 Å². The highest BCUT2D eigenvalue weighted by molar-refractivity contribution is 5.97. The minimum atomic E-state index is -0.373. The molecule has 0 atom stereocenters. The Bertz CT molecular complexity index is 835. The first-order chi connectivity index (χ1) is 13.2. The van der Waals surface area contributed by atoms with Crippen molar-refractivity contribution in [3.8, 4) is 6.07 Å². The van der Waals surface area contributed by atoms with Crippen LogP contribution in [0.2, 0.25) is 0 Å². The van der Waals surface area contributed by atoms with Crippen molar-refractivity contribution in [2.75, 3.05) is 31.1 Å². The number of carbonyl (C=O) groups excluding carboxylic acids is 1. The monoisotopic (exact) mass is 364 g/mol. The van der Waals surface area contributed by atoms with E-state index in [1.807, 2.05) is 41.3 Å². The summed E-state index contributed by atoms with van der Waals surface area (Å²) in [6.45, 7) is 3.25. The molecule has 0 bridgehead atoms. The maximum absolute atomic E-state index is 13.0. The lowest BCUT2D eigenvalue weighted by Crippen LogP contribution is -2.44. The van der Waals surface area contributed by atoms with E-state index in [1.165, 1.54) is 12.1 Å². The van der Waals surface area contributed by atoms with Gasteiger partial charge in [-0.2, -0.15) is 5.26 Å². The van der Waals surface area contributed by atoms with Gasteiger partial charge < -0.3 is 15.1 Å². The van der Waals surface area contributed by atoms with Crippen LogP contribution in [0.1, 0.15) is 5.56 Å². The smallest absolute Gasteiger partial charge is 0.263 e. The normalized spacial score (nSPS) is 14.6. The highest BCUT2D eigenvalue weighted by atomic mass is 19.1. The summed E-state index contributed by atoms with van der Waals surface area (Å²) in [6.07, 6.45) is 1.63. The number of amides is 1. The third-order valence-corrected chi connectivity index (χ3v) is 4.48. The number of rotatable bonds is 5. The number of nitrogens with one attached hydrogen (secondary N) is 1. The number of nitriles is 1. The lowest BCUT2D eigenvalue weighted by atomic mass is 10.2. The fourth-order valence-corrected chi connectivity index (χ4v) is 2.96. The largest absolute Gasteiger partial charge is 0.373 e. The lowest BCUT2D eigenvalue weighted by Gasteiger charge is -2.35. The topological polar surface area (TPSA) is 59.4 Å². The van der Waals surface area contributed by atoms with Gasteiger partial charge in [-0.05, 0) is 29.8 Å². The van der Waals surface area contributed by atoms with Crippen LogP contribution in [0.25, 0.3) is 0 Å². The number of piperazine rings is 1. The van der Waals surface area contributed by atoms with Gasteiger partial charge in [0.25, 0.3) is 5.91 Å². The Hall–Kier alpha value is -3.33. The van der Waals surface area contributed by atoms with Gasteiger partial charge >= 0.3 is 0 Å². The van der Waals surface area contributed by atoms with Crippen LogP contribution in [0.4, 0.5) is 10.1 Å². The zero-order valence-corrected chi connectivity index (χ0v) is 14.9. The molecule has 2 aromatic rings. The third-order valence-electron chi connectivity index (χ3n) is 4.48. The first kappa shape index (κ1) is 18.5. The Morgan fingerprint density at radius 1 is 1.07 bits per heavy atom. The molecule has 0 unspecified atom stereocenters. The molecule has 6 heteroatoms. The molecule has 0 aliphatic carbocycles. The maximum atomic E-state index is 13.0. The summed E-state index contributed by atoms with van der Waals surface area (Å²) < 4.78 is 13.0. The van der Waals surface area contributed by atoms with Crippen molar-refractivity contribution in [3.05, 3.63) is 77.8 Å².